The van der Waals surface area contributed by atoms with Crippen LogP contribution in [0.1, 0.15) is 17.8 Å². The Hall–Kier alpha value is -1.94. The average molecular weight is 269 g/mol. The van der Waals surface area contributed by atoms with Crippen molar-refractivity contribution >= 4 is 0 Å². The van der Waals surface area contributed by atoms with E-state index in [2.05, 4.69) is 15.3 Å². The van der Waals surface area contributed by atoms with Gasteiger partial charge < -0.3 is 10.1 Å². The van der Waals surface area contributed by atoms with Crippen LogP contribution in [0.5, 0.6) is 11.5 Å². The van der Waals surface area contributed by atoms with Gasteiger partial charge in [0.2, 0.25) is 0 Å². The van der Waals surface area contributed by atoms with Crippen molar-refractivity contribution in [3.8, 4) is 11.5 Å². The normalized spacial score (nSPS) is 18.1. The van der Waals surface area contributed by atoms with Crippen molar-refractivity contribution in [2.75, 3.05) is 13.1 Å². The minimum Gasteiger partial charge on any atom is -0.454 e. The molecule has 0 aliphatic carbocycles. The summed E-state index contributed by atoms with van der Waals surface area (Å²) in [5.41, 5.74) is 1.17. The van der Waals surface area contributed by atoms with E-state index in [1.54, 1.807) is 12.4 Å². The van der Waals surface area contributed by atoms with E-state index in [0.717, 1.165) is 31.1 Å². The molecular formula is C16H19N3O. The van der Waals surface area contributed by atoms with E-state index < -0.39 is 0 Å². The molecule has 1 unspecified atom stereocenters. The largest absolute Gasteiger partial charge is 0.454 e. The number of benzene rings is 1. The summed E-state index contributed by atoms with van der Waals surface area (Å²) in [6.45, 7) is 4.23. The number of rotatable bonds is 4. The first-order valence-electron chi connectivity index (χ1n) is 7.06. The highest BCUT2D eigenvalue weighted by molar-refractivity contribution is 5.31. The van der Waals surface area contributed by atoms with Crippen LogP contribution in [-0.4, -0.2) is 23.1 Å². The number of ether oxygens (including phenoxy) is 1. The van der Waals surface area contributed by atoms with Gasteiger partial charge in [0.25, 0.3) is 0 Å². The number of hydrogen-bond donors (Lipinski definition) is 1. The van der Waals surface area contributed by atoms with Crippen molar-refractivity contribution in [2.24, 2.45) is 5.92 Å². The van der Waals surface area contributed by atoms with Gasteiger partial charge in [0, 0.05) is 6.42 Å². The van der Waals surface area contributed by atoms with Gasteiger partial charge in [0.05, 0.1) is 12.4 Å². The molecule has 4 nitrogen and oxygen atoms in total. The molecule has 1 N–H and O–H groups in total. The summed E-state index contributed by atoms with van der Waals surface area (Å²) in [6.07, 6.45) is 5.67. The van der Waals surface area contributed by atoms with Crippen LogP contribution in [0.25, 0.3) is 0 Å². The fourth-order valence-electron chi connectivity index (χ4n) is 2.46. The average Bonchev–Trinajstić information content (AvgIpc) is 2.94. The summed E-state index contributed by atoms with van der Waals surface area (Å²) in [7, 11) is 0. The molecule has 1 atom stereocenters. The lowest BCUT2D eigenvalue weighted by Gasteiger charge is -2.08. The summed E-state index contributed by atoms with van der Waals surface area (Å²) in [5.74, 6) is 3.07. The number of nitrogens with zero attached hydrogens (tertiary/aromatic N) is 2. The van der Waals surface area contributed by atoms with Gasteiger partial charge in [-0.1, -0.05) is 12.1 Å². The maximum atomic E-state index is 5.75. The second-order valence-corrected chi connectivity index (χ2v) is 5.32. The Balaban J connectivity index is 1.63. The number of hydrogen-bond acceptors (Lipinski definition) is 4. The second kappa shape index (κ2) is 6.01. The minimum absolute atomic E-state index is 0.665. The SMILES string of the molecule is Cc1cccc(Oc2cnc(CC3CCNC3)nc2)c1. The van der Waals surface area contributed by atoms with Gasteiger partial charge in [-0.3, -0.25) is 0 Å². The second-order valence-electron chi connectivity index (χ2n) is 5.32. The Morgan fingerprint density at radius 2 is 2.10 bits per heavy atom. The lowest BCUT2D eigenvalue weighted by Crippen LogP contribution is -2.12. The number of aromatic nitrogens is 2. The van der Waals surface area contributed by atoms with E-state index in [1.165, 1.54) is 12.0 Å². The van der Waals surface area contributed by atoms with E-state index in [1.807, 2.05) is 31.2 Å². The zero-order valence-electron chi connectivity index (χ0n) is 11.7. The van der Waals surface area contributed by atoms with E-state index in [0.29, 0.717) is 11.7 Å². The lowest BCUT2D eigenvalue weighted by molar-refractivity contribution is 0.473. The van der Waals surface area contributed by atoms with Crippen LogP contribution in [0.3, 0.4) is 0 Å². The summed E-state index contributed by atoms with van der Waals surface area (Å²) in [4.78, 5) is 8.79. The van der Waals surface area contributed by atoms with Crippen LogP contribution in [0.15, 0.2) is 36.7 Å². The topological polar surface area (TPSA) is 47.0 Å². The van der Waals surface area contributed by atoms with Crippen molar-refractivity contribution < 1.29 is 4.74 Å². The van der Waals surface area contributed by atoms with Gasteiger partial charge in [-0.05, 0) is 50.0 Å². The summed E-state index contributed by atoms with van der Waals surface area (Å²) in [5, 5.41) is 3.36. The Kier molecular flexibility index (Phi) is 3.92. The van der Waals surface area contributed by atoms with Crippen molar-refractivity contribution in [3.05, 3.63) is 48.0 Å². The molecule has 0 amide bonds. The van der Waals surface area contributed by atoms with Gasteiger partial charge >= 0.3 is 0 Å². The van der Waals surface area contributed by atoms with Crippen LogP contribution in [0.2, 0.25) is 0 Å². The highest BCUT2D eigenvalue weighted by atomic mass is 16.5. The fraction of sp³-hybridized carbons (Fsp3) is 0.375. The molecule has 2 aromatic rings. The Morgan fingerprint density at radius 1 is 1.25 bits per heavy atom. The predicted octanol–water partition coefficient (Wildman–Crippen LogP) is 2.73. The first-order valence-corrected chi connectivity index (χ1v) is 7.06. The molecule has 1 aromatic carbocycles. The standard InChI is InChI=1S/C16H19N3O/c1-12-3-2-4-14(7-12)20-15-10-18-16(19-11-15)8-13-5-6-17-9-13/h2-4,7,10-11,13,17H,5-6,8-9H2,1H3. The molecule has 2 heterocycles. The van der Waals surface area contributed by atoms with Crippen molar-refractivity contribution in [3.63, 3.8) is 0 Å². The number of aryl methyl sites for hydroxylation is 1. The highest BCUT2D eigenvalue weighted by Crippen LogP contribution is 2.21. The maximum absolute atomic E-state index is 5.75. The van der Waals surface area contributed by atoms with Gasteiger partial charge in [-0.25, -0.2) is 9.97 Å². The molecule has 0 saturated carbocycles. The lowest BCUT2D eigenvalue weighted by atomic mass is 10.1. The molecule has 1 aliphatic heterocycles. The van der Waals surface area contributed by atoms with Crippen molar-refractivity contribution in [2.45, 2.75) is 19.8 Å². The summed E-state index contributed by atoms with van der Waals surface area (Å²) < 4.78 is 5.75. The maximum Gasteiger partial charge on any atom is 0.164 e. The highest BCUT2D eigenvalue weighted by Gasteiger charge is 2.16. The van der Waals surface area contributed by atoms with Crippen LogP contribution >= 0.6 is 0 Å². The first-order chi connectivity index (χ1) is 9.79. The molecule has 1 aromatic heterocycles. The monoisotopic (exact) mass is 269 g/mol. The van der Waals surface area contributed by atoms with Crippen molar-refractivity contribution in [1.29, 1.82) is 0 Å². The van der Waals surface area contributed by atoms with E-state index >= 15 is 0 Å². The van der Waals surface area contributed by atoms with Crippen LogP contribution in [0.4, 0.5) is 0 Å². The molecule has 1 fully saturated rings. The Labute approximate surface area is 119 Å². The van der Waals surface area contributed by atoms with Crippen molar-refractivity contribution in [1.82, 2.24) is 15.3 Å². The molecule has 4 heteroatoms. The zero-order chi connectivity index (χ0) is 13.8. The number of nitrogens with one attached hydrogen (secondary N) is 1. The molecule has 1 saturated heterocycles. The van der Waals surface area contributed by atoms with Gasteiger partial charge in [-0.2, -0.15) is 0 Å². The Bertz CT molecular complexity index is 562. The quantitative estimate of drug-likeness (QED) is 0.927. The summed E-state index contributed by atoms with van der Waals surface area (Å²) in [6, 6.07) is 7.96. The van der Waals surface area contributed by atoms with Crippen LogP contribution in [-0.2, 0) is 6.42 Å². The molecule has 20 heavy (non-hydrogen) atoms. The summed E-state index contributed by atoms with van der Waals surface area (Å²) >= 11 is 0. The smallest absolute Gasteiger partial charge is 0.164 e. The fourth-order valence-corrected chi connectivity index (χ4v) is 2.46. The third kappa shape index (κ3) is 3.33. The van der Waals surface area contributed by atoms with Gasteiger partial charge in [0.1, 0.15) is 11.6 Å². The van der Waals surface area contributed by atoms with E-state index in [9.17, 15) is 0 Å². The third-order valence-corrected chi connectivity index (χ3v) is 3.54. The Morgan fingerprint density at radius 3 is 2.80 bits per heavy atom. The van der Waals surface area contributed by atoms with Gasteiger partial charge in [-0.15, -0.1) is 0 Å². The molecule has 1 aliphatic rings. The van der Waals surface area contributed by atoms with E-state index in [4.69, 9.17) is 4.74 Å². The first kappa shape index (κ1) is 13.1. The molecule has 0 spiro atoms. The molecule has 0 radical (unpaired) electrons. The molecule has 3 rings (SSSR count). The predicted molar refractivity (Wildman–Crippen MR) is 78.0 cm³/mol. The van der Waals surface area contributed by atoms with Gasteiger partial charge in [0.15, 0.2) is 5.75 Å². The molecular weight excluding hydrogens is 250 g/mol. The van der Waals surface area contributed by atoms with Crippen LogP contribution < -0.4 is 10.1 Å². The molecule has 0 bridgehead atoms. The molecule has 104 valence electrons. The van der Waals surface area contributed by atoms with Crippen LogP contribution in [0, 0.1) is 12.8 Å². The third-order valence-electron chi connectivity index (χ3n) is 3.54. The minimum atomic E-state index is 0.665. The zero-order valence-corrected chi connectivity index (χ0v) is 11.7. The van der Waals surface area contributed by atoms with E-state index in [-0.39, 0.29) is 0 Å².